The van der Waals surface area contributed by atoms with Gasteiger partial charge in [-0.25, -0.2) is 23.4 Å². The van der Waals surface area contributed by atoms with Crippen molar-refractivity contribution in [3.8, 4) is 11.3 Å². The van der Waals surface area contributed by atoms with Crippen molar-refractivity contribution in [1.82, 2.24) is 19.9 Å². The van der Waals surface area contributed by atoms with Gasteiger partial charge in [-0.15, -0.1) is 0 Å². The Morgan fingerprint density at radius 2 is 1.78 bits per heavy atom. The summed E-state index contributed by atoms with van der Waals surface area (Å²) in [7, 11) is -3.43. The van der Waals surface area contributed by atoms with Crippen molar-refractivity contribution < 1.29 is 22.0 Å². The number of hydrogen-bond donors (Lipinski definition) is 2. The second-order valence-corrected chi connectivity index (χ2v) is 9.19. The van der Waals surface area contributed by atoms with Gasteiger partial charge in [-0.05, 0) is 19.1 Å². The number of sulfone groups is 1. The van der Waals surface area contributed by atoms with Crippen LogP contribution < -0.4 is 10.6 Å². The van der Waals surface area contributed by atoms with Crippen LogP contribution in [0.5, 0.6) is 0 Å². The summed E-state index contributed by atoms with van der Waals surface area (Å²) < 4.78 is 50.9. The lowest BCUT2D eigenvalue weighted by atomic mass is 10.1. The molecule has 0 unspecified atom stereocenters. The topological polar surface area (TPSA) is 127 Å². The van der Waals surface area contributed by atoms with E-state index in [9.17, 15) is 22.0 Å². The van der Waals surface area contributed by atoms with Gasteiger partial charge in [-0.2, -0.15) is 8.78 Å². The lowest BCUT2D eigenvalue weighted by Gasteiger charge is -2.15. The fraction of sp³-hybridized carbons (Fsp3) is 0.250. The molecule has 3 aromatic heterocycles. The SMILES string of the molecule is CC(=O)Nc1cc(Nc2cc(C)nc(C(C)(F)F)n2)c(-c2ccc(S(C)(=O)=O)cn2)cn1. The summed E-state index contributed by atoms with van der Waals surface area (Å²) in [5.41, 5.74) is 1.48. The first kappa shape index (κ1) is 23.1. The number of aromatic nitrogens is 4. The number of alkyl halides is 2. The molecule has 2 N–H and O–H groups in total. The number of amides is 1. The number of hydrogen-bond acceptors (Lipinski definition) is 8. The first-order valence-electron chi connectivity index (χ1n) is 9.28. The van der Waals surface area contributed by atoms with Crippen molar-refractivity contribution in [3.05, 3.63) is 48.2 Å². The number of anilines is 3. The second kappa shape index (κ2) is 8.54. The third kappa shape index (κ3) is 5.58. The molecule has 3 aromatic rings. The zero-order valence-electron chi connectivity index (χ0n) is 17.6. The summed E-state index contributed by atoms with van der Waals surface area (Å²) in [4.78, 5) is 27.5. The molecule has 0 fully saturated rings. The third-order valence-corrected chi connectivity index (χ3v) is 5.26. The zero-order valence-corrected chi connectivity index (χ0v) is 18.5. The first-order chi connectivity index (χ1) is 14.8. The number of halogens is 2. The molecule has 0 aromatic carbocycles. The van der Waals surface area contributed by atoms with Gasteiger partial charge in [-0.1, -0.05) is 0 Å². The van der Waals surface area contributed by atoms with Crippen LogP contribution in [0.4, 0.5) is 26.1 Å². The Bertz CT molecular complexity index is 1280. The Balaban J connectivity index is 2.09. The Labute approximate surface area is 183 Å². The van der Waals surface area contributed by atoms with Crippen LogP contribution in [0.2, 0.25) is 0 Å². The molecule has 1 amide bonds. The highest BCUT2D eigenvalue weighted by atomic mass is 32.2. The smallest absolute Gasteiger partial charge is 0.303 e. The van der Waals surface area contributed by atoms with Crippen molar-refractivity contribution in [2.75, 3.05) is 16.9 Å². The van der Waals surface area contributed by atoms with Crippen LogP contribution >= 0.6 is 0 Å². The highest BCUT2D eigenvalue weighted by molar-refractivity contribution is 7.90. The van der Waals surface area contributed by atoms with Gasteiger partial charge in [0, 0.05) is 55.9 Å². The number of carbonyl (C=O) groups is 1. The van der Waals surface area contributed by atoms with E-state index in [1.807, 2.05) is 0 Å². The van der Waals surface area contributed by atoms with Gasteiger partial charge in [0.2, 0.25) is 11.7 Å². The number of nitrogens with zero attached hydrogens (tertiary/aromatic N) is 4. The molecule has 3 rings (SSSR count). The Kier molecular flexibility index (Phi) is 6.17. The Morgan fingerprint density at radius 1 is 1.06 bits per heavy atom. The number of rotatable bonds is 6. The third-order valence-electron chi connectivity index (χ3n) is 4.16. The molecular weight excluding hydrogens is 442 g/mol. The van der Waals surface area contributed by atoms with Crippen LogP contribution in [0.3, 0.4) is 0 Å². The number of pyridine rings is 2. The average Bonchev–Trinajstić information content (AvgIpc) is 2.66. The summed E-state index contributed by atoms with van der Waals surface area (Å²) in [6.07, 6.45) is 3.69. The van der Waals surface area contributed by atoms with E-state index in [0.717, 1.165) is 6.26 Å². The van der Waals surface area contributed by atoms with E-state index in [-0.39, 0.29) is 22.4 Å². The number of carbonyl (C=O) groups excluding carboxylic acids is 1. The van der Waals surface area contributed by atoms with E-state index in [1.54, 1.807) is 6.92 Å². The van der Waals surface area contributed by atoms with E-state index < -0.39 is 21.6 Å². The predicted octanol–water partition coefficient (Wildman–Crippen LogP) is 3.46. The lowest BCUT2D eigenvalue weighted by molar-refractivity contribution is -0.114. The monoisotopic (exact) mass is 462 g/mol. The van der Waals surface area contributed by atoms with Gasteiger partial charge in [0.05, 0.1) is 16.3 Å². The van der Waals surface area contributed by atoms with E-state index in [2.05, 4.69) is 30.6 Å². The van der Waals surface area contributed by atoms with Crippen molar-refractivity contribution >= 4 is 33.1 Å². The van der Waals surface area contributed by atoms with Crippen molar-refractivity contribution in [3.63, 3.8) is 0 Å². The predicted molar refractivity (Wildman–Crippen MR) is 115 cm³/mol. The van der Waals surface area contributed by atoms with Gasteiger partial charge in [0.15, 0.2) is 9.84 Å². The molecule has 0 spiro atoms. The zero-order chi connectivity index (χ0) is 23.7. The maximum atomic E-state index is 13.8. The van der Waals surface area contributed by atoms with Crippen LogP contribution in [0, 0.1) is 6.92 Å². The van der Waals surface area contributed by atoms with Crippen LogP contribution in [0.25, 0.3) is 11.3 Å². The second-order valence-electron chi connectivity index (χ2n) is 7.18. The molecule has 32 heavy (non-hydrogen) atoms. The molecule has 3 heterocycles. The van der Waals surface area contributed by atoms with E-state index in [1.165, 1.54) is 43.6 Å². The Hall–Kier alpha value is -3.54. The first-order valence-corrected chi connectivity index (χ1v) is 11.2. The molecule has 0 saturated heterocycles. The summed E-state index contributed by atoms with van der Waals surface area (Å²) in [6, 6.07) is 5.86. The molecule has 0 saturated carbocycles. The molecule has 0 aliphatic heterocycles. The minimum atomic E-state index is -3.43. The minimum absolute atomic E-state index is 0.0415. The maximum absolute atomic E-state index is 13.8. The average molecular weight is 462 g/mol. The summed E-state index contributed by atoms with van der Waals surface area (Å²) in [5, 5.41) is 5.49. The van der Waals surface area contributed by atoms with Gasteiger partial charge in [-0.3, -0.25) is 9.78 Å². The van der Waals surface area contributed by atoms with Crippen LogP contribution in [0.15, 0.2) is 41.6 Å². The molecule has 0 aliphatic rings. The maximum Gasteiger partial charge on any atom is 0.303 e. The standard InChI is InChI=1S/C20H20F2N6O3S/c1-11-7-18(28-19(25-11)20(3,21)22)27-16-8-17(26-12(2)29)24-10-14(16)15-6-5-13(9-23-15)32(4,30)31/h5-10H,1-4H3,(H2,24,25,26,27,28,29). The van der Waals surface area contributed by atoms with Crippen LogP contribution in [-0.4, -0.2) is 40.5 Å². The molecule has 0 bridgehead atoms. The van der Waals surface area contributed by atoms with E-state index >= 15 is 0 Å². The quantitative estimate of drug-likeness (QED) is 0.570. The minimum Gasteiger partial charge on any atom is -0.339 e. The lowest BCUT2D eigenvalue weighted by Crippen LogP contribution is -2.14. The van der Waals surface area contributed by atoms with Crippen molar-refractivity contribution in [1.29, 1.82) is 0 Å². The van der Waals surface area contributed by atoms with Crippen LogP contribution in [0.1, 0.15) is 25.4 Å². The molecule has 0 atom stereocenters. The van der Waals surface area contributed by atoms with E-state index in [0.29, 0.717) is 29.6 Å². The van der Waals surface area contributed by atoms with Gasteiger partial charge in [0.1, 0.15) is 11.6 Å². The largest absolute Gasteiger partial charge is 0.339 e. The number of aryl methyl sites for hydroxylation is 1. The van der Waals surface area contributed by atoms with Gasteiger partial charge >= 0.3 is 5.92 Å². The normalized spacial score (nSPS) is 11.8. The van der Waals surface area contributed by atoms with Gasteiger partial charge < -0.3 is 10.6 Å². The fourth-order valence-corrected chi connectivity index (χ4v) is 3.30. The molecule has 0 aliphatic carbocycles. The van der Waals surface area contributed by atoms with E-state index in [4.69, 9.17) is 0 Å². The highest BCUT2D eigenvalue weighted by Gasteiger charge is 2.29. The Morgan fingerprint density at radius 3 is 2.34 bits per heavy atom. The molecule has 0 radical (unpaired) electrons. The molecule has 9 nitrogen and oxygen atoms in total. The fourth-order valence-electron chi connectivity index (χ4n) is 2.74. The van der Waals surface area contributed by atoms with Crippen molar-refractivity contribution in [2.45, 2.75) is 31.6 Å². The van der Waals surface area contributed by atoms with Gasteiger partial charge in [0.25, 0.3) is 0 Å². The summed E-state index contributed by atoms with van der Waals surface area (Å²) in [5.74, 6) is -3.93. The molecule has 168 valence electrons. The number of nitrogens with one attached hydrogen (secondary N) is 2. The van der Waals surface area contributed by atoms with Crippen molar-refractivity contribution in [2.24, 2.45) is 0 Å². The van der Waals surface area contributed by atoms with Crippen LogP contribution in [-0.2, 0) is 20.6 Å². The molecule has 12 heteroatoms. The molecular formula is C20H20F2N6O3S. The summed E-state index contributed by atoms with van der Waals surface area (Å²) in [6.45, 7) is 3.58. The highest BCUT2D eigenvalue weighted by Crippen LogP contribution is 2.32. The summed E-state index contributed by atoms with van der Waals surface area (Å²) >= 11 is 0.